The highest BCUT2D eigenvalue weighted by atomic mass is 79.9. The smallest absolute Gasteiger partial charge is 0.300 e. The fourth-order valence-corrected chi connectivity index (χ4v) is 1.96. The third-order valence-corrected chi connectivity index (χ3v) is 3.15. The van der Waals surface area contributed by atoms with Gasteiger partial charge >= 0.3 is 6.18 Å². The summed E-state index contributed by atoms with van der Waals surface area (Å²) >= 11 is 3.21. The van der Waals surface area contributed by atoms with Gasteiger partial charge in [0, 0.05) is 18.2 Å². The first kappa shape index (κ1) is 15.2. The Kier molecular flexibility index (Phi) is 5.85. The summed E-state index contributed by atoms with van der Waals surface area (Å²) in [6.45, 7) is 0. The zero-order valence-corrected chi connectivity index (χ0v) is 11.4. The quantitative estimate of drug-likeness (QED) is 0.710. The van der Waals surface area contributed by atoms with Gasteiger partial charge in [-0.15, -0.1) is 0 Å². The van der Waals surface area contributed by atoms with E-state index in [4.69, 9.17) is 0 Å². The van der Waals surface area contributed by atoms with Gasteiger partial charge in [0.25, 0.3) is 0 Å². The van der Waals surface area contributed by atoms with Gasteiger partial charge in [0.15, 0.2) is 0 Å². The number of halogens is 4. The summed E-state index contributed by atoms with van der Waals surface area (Å²) in [6.07, 6.45) is -2.90. The summed E-state index contributed by atoms with van der Waals surface area (Å²) in [5.41, 5.74) is -0.449. The van der Waals surface area contributed by atoms with Gasteiger partial charge in [-0.05, 0) is 24.5 Å². The number of carbonyl (C=O) groups is 1. The van der Waals surface area contributed by atoms with Crippen LogP contribution >= 0.6 is 15.9 Å². The number of benzene rings is 1. The minimum atomic E-state index is -4.35. The van der Waals surface area contributed by atoms with E-state index in [0.717, 1.165) is 17.8 Å². The number of carbonyl (C=O) groups excluding carboxylic acids is 1. The van der Waals surface area contributed by atoms with E-state index in [1.807, 2.05) is 0 Å². The number of aryl methyl sites for hydroxylation is 1. The van der Waals surface area contributed by atoms with Gasteiger partial charge in [-0.3, -0.25) is 4.79 Å². The maximum Gasteiger partial charge on any atom is 0.416 e. The largest absolute Gasteiger partial charge is 0.416 e. The van der Waals surface area contributed by atoms with Crippen molar-refractivity contribution in [2.75, 3.05) is 5.33 Å². The van der Waals surface area contributed by atoms with Crippen molar-refractivity contribution in [2.24, 2.45) is 0 Å². The average molecular weight is 323 g/mol. The van der Waals surface area contributed by atoms with Gasteiger partial charge in [0.2, 0.25) is 0 Å². The second-order valence-corrected chi connectivity index (χ2v) is 4.78. The molecule has 0 saturated carbocycles. The Bertz CT molecular complexity index is 401. The molecule has 18 heavy (non-hydrogen) atoms. The Morgan fingerprint density at radius 2 is 1.83 bits per heavy atom. The number of alkyl halides is 4. The highest BCUT2D eigenvalue weighted by Crippen LogP contribution is 2.32. The maximum atomic E-state index is 12.7. The van der Waals surface area contributed by atoms with Crippen LogP contribution in [0.3, 0.4) is 0 Å². The second kappa shape index (κ2) is 6.92. The summed E-state index contributed by atoms with van der Waals surface area (Å²) in [6, 6.07) is 5.41. The molecule has 0 aliphatic carbocycles. The van der Waals surface area contributed by atoms with E-state index in [9.17, 15) is 18.0 Å². The highest BCUT2D eigenvalue weighted by molar-refractivity contribution is 9.09. The van der Waals surface area contributed by atoms with Crippen LogP contribution in [-0.4, -0.2) is 11.1 Å². The van der Waals surface area contributed by atoms with Crippen molar-refractivity contribution in [2.45, 2.75) is 31.9 Å². The molecule has 100 valence electrons. The second-order valence-electron chi connectivity index (χ2n) is 3.99. The molecule has 0 unspecified atom stereocenters. The molecule has 0 aliphatic heterocycles. The zero-order chi connectivity index (χ0) is 13.6. The summed E-state index contributed by atoms with van der Waals surface area (Å²) in [5, 5.41) is 0.734. The van der Waals surface area contributed by atoms with Crippen molar-refractivity contribution >= 4 is 21.7 Å². The van der Waals surface area contributed by atoms with E-state index >= 15 is 0 Å². The van der Waals surface area contributed by atoms with Gasteiger partial charge in [0.1, 0.15) is 5.78 Å². The number of rotatable bonds is 6. The van der Waals surface area contributed by atoms with Gasteiger partial charge in [-0.1, -0.05) is 34.1 Å². The van der Waals surface area contributed by atoms with Crippen molar-refractivity contribution in [3.05, 3.63) is 35.4 Å². The van der Waals surface area contributed by atoms with E-state index < -0.39 is 11.7 Å². The van der Waals surface area contributed by atoms with Crippen LogP contribution in [0.2, 0.25) is 0 Å². The molecule has 1 aromatic carbocycles. The minimum absolute atomic E-state index is 0.00595. The molecule has 0 bridgehead atoms. The van der Waals surface area contributed by atoms with E-state index in [1.54, 1.807) is 6.07 Å². The van der Waals surface area contributed by atoms with Crippen LogP contribution in [0.25, 0.3) is 0 Å². The Hall–Kier alpha value is -0.840. The predicted molar refractivity (Wildman–Crippen MR) is 67.8 cm³/mol. The van der Waals surface area contributed by atoms with E-state index in [-0.39, 0.29) is 24.2 Å². The molecular weight excluding hydrogens is 309 g/mol. The molecular formula is C13H14BrF3O. The molecule has 0 radical (unpaired) electrons. The predicted octanol–water partition coefficient (Wildman–Crippen LogP) is 4.38. The lowest BCUT2D eigenvalue weighted by molar-refractivity contribution is -0.138. The van der Waals surface area contributed by atoms with Crippen LogP contribution in [0.5, 0.6) is 0 Å². The molecule has 1 rings (SSSR count). The van der Waals surface area contributed by atoms with Crippen LogP contribution < -0.4 is 0 Å². The Morgan fingerprint density at radius 3 is 2.44 bits per heavy atom. The molecule has 0 heterocycles. The zero-order valence-electron chi connectivity index (χ0n) is 9.77. The Morgan fingerprint density at radius 1 is 1.17 bits per heavy atom. The van der Waals surface area contributed by atoms with Crippen molar-refractivity contribution in [1.29, 1.82) is 0 Å². The van der Waals surface area contributed by atoms with Crippen molar-refractivity contribution in [3.63, 3.8) is 0 Å². The van der Waals surface area contributed by atoms with Crippen LogP contribution in [0, 0.1) is 0 Å². The molecule has 0 saturated heterocycles. The summed E-state index contributed by atoms with van der Waals surface area (Å²) in [4.78, 5) is 11.4. The third kappa shape index (κ3) is 4.80. The lowest BCUT2D eigenvalue weighted by Gasteiger charge is -2.12. The topological polar surface area (TPSA) is 17.1 Å². The molecule has 0 amide bonds. The van der Waals surface area contributed by atoms with Crippen LogP contribution in [0.15, 0.2) is 24.3 Å². The fraction of sp³-hybridized carbons (Fsp3) is 0.462. The Balaban J connectivity index is 2.65. The Labute approximate surface area is 113 Å². The molecule has 1 nitrogen and oxygen atoms in total. The molecule has 0 fully saturated rings. The molecule has 1 aromatic rings. The van der Waals surface area contributed by atoms with Gasteiger partial charge in [-0.25, -0.2) is 0 Å². The van der Waals surface area contributed by atoms with Gasteiger partial charge in [0.05, 0.1) is 5.56 Å². The average Bonchev–Trinajstić information content (AvgIpc) is 2.33. The number of hydrogen-bond donors (Lipinski definition) is 0. The minimum Gasteiger partial charge on any atom is -0.300 e. The number of hydrogen-bond acceptors (Lipinski definition) is 1. The van der Waals surface area contributed by atoms with Crippen molar-refractivity contribution in [3.8, 4) is 0 Å². The van der Waals surface area contributed by atoms with Crippen molar-refractivity contribution in [1.82, 2.24) is 0 Å². The molecule has 5 heteroatoms. The highest BCUT2D eigenvalue weighted by Gasteiger charge is 2.32. The van der Waals surface area contributed by atoms with Crippen molar-refractivity contribution < 1.29 is 18.0 Å². The molecule has 0 spiro atoms. The SMILES string of the molecule is O=C(CCCBr)CCc1ccccc1C(F)(F)F. The molecule has 0 N–H and O–H groups in total. The van der Waals surface area contributed by atoms with Crippen LogP contribution in [0.1, 0.15) is 30.4 Å². The molecule has 0 aliphatic rings. The first-order valence-corrected chi connectivity index (χ1v) is 6.80. The van der Waals surface area contributed by atoms with E-state index in [0.29, 0.717) is 6.42 Å². The first-order valence-electron chi connectivity index (χ1n) is 5.68. The molecule has 0 atom stereocenters. The van der Waals surface area contributed by atoms with Crippen LogP contribution in [0.4, 0.5) is 13.2 Å². The monoisotopic (exact) mass is 322 g/mol. The summed E-state index contributed by atoms with van der Waals surface area (Å²) in [5.74, 6) is 0.00595. The first-order chi connectivity index (χ1) is 8.45. The van der Waals surface area contributed by atoms with Gasteiger partial charge in [-0.2, -0.15) is 13.2 Å². The summed E-state index contributed by atoms with van der Waals surface area (Å²) < 4.78 is 38.1. The summed E-state index contributed by atoms with van der Waals surface area (Å²) in [7, 11) is 0. The number of Topliss-reactive ketones (excluding diaryl/α,β-unsaturated/α-hetero) is 1. The van der Waals surface area contributed by atoms with E-state index in [2.05, 4.69) is 15.9 Å². The lowest BCUT2D eigenvalue weighted by Crippen LogP contribution is -2.10. The normalized spacial score (nSPS) is 11.6. The standard InChI is InChI=1S/C13H14BrF3O/c14-9-3-5-11(18)8-7-10-4-1-2-6-12(10)13(15,16)17/h1-2,4,6H,3,5,7-9H2. The fourth-order valence-electron chi connectivity index (χ4n) is 1.68. The molecule has 0 aromatic heterocycles. The van der Waals surface area contributed by atoms with E-state index in [1.165, 1.54) is 12.1 Å². The number of ketones is 1. The third-order valence-electron chi connectivity index (χ3n) is 2.59. The van der Waals surface area contributed by atoms with Gasteiger partial charge < -0.3 is 0 Å². The maximum absolute atomic E-state index is 12.7. The lowest BCUT2D eigenvalue weighted by atomic mass is 10.00. The van der Waals surface area contributed by atoms with Crippen LogP contribution in [-0.2, 0) is 17.4 Å².